The van der Waals surface area contributed by atoms with E-state index in [9.17, 15) is 10.1 Å². The number of fused-ring (bicyclic) bond motifs is 1. The van der Waals surface area contributed by atoms with Crippen molar-refractivity contribution in [3.05, 3.63) is 94.0 Å². The first-order valence-electron chi connectivity index (χ1n) is 8.84. The Labute approximate surface area is 172 Å². The number of ether oxygens (including phenoxy) is 2. The van der Waals surface area contributed by atoms with Gasteiger partial charge in [0.25, 0.3) is 5.69 Å². The molecular formula is C23H16ClNO4. The molecule has 0 aromatic heterocycles. The van der Waals surface area contributed by atoms with Crippen molar-refractivity contribution in [2.45, 2.75) is 0 Å². The van der Waals surface area contributed by atoms with E-state index in [4.69, 9.17) is 21.1 Å². The largest absolute Gasteiger partial charge is 0.497 e. The molecular weight excluding hydrogens is 390 g/mol. The first kappa shape index (κ1) is 18.8. The summed E-state index contributed by atoms with van der Waals surface area (Å²) >= 11 is 6.19. The van der Waals surface area contributed by atoms with Crippen LogP contribution in [0.25, 0.3) is 21.9 Å². The molecule has 4 rings (SSSR count). The molecule has 6 heteroatoms. The summed E-state index contributed by atoms with van der Waals surface area (Å²) in [5.41, 5.74) is 1.78. The molecule has 0 amide bonds. The van der Waals surface area contributed by atoms with Gasteiger partial charge in [0.2, 0.25) is 0 Å². The predicted molar refractivity (Wildman–Crippen MR) is 114 cm³/mol. The van der Waals surface area contributed by atoms with Crippen LogP contribution < -0.4 is 9.47 Å². The summed E-state index contributed by atoms with van der Waals surface area (Å²) in [6.07, 6.45) is 0. The smallest absolute Gasteiger partial charge is 0.269 e. The number of rotatable bonds is 5. The van der Waals surface area contributed by atoms with Crippen LogP contribution >= 0.6 is 11.6 Å². The Balaban J connectivity index is 1.87. The zero-order valence-electron chi connectivity index (χ0n) is 15.5. The fourth-order valence-corrected chi connectivity index (χ4v) is 3.34. The van der Waals surface area contributed by atoms with Gasteiger partial charge in [-0.1, -0.05) is 29.8 Å². The highest BCUT2D eigenvalue weighted by Crippen LogP contribution is 2.41. The van der Waals surface area contributed by atoms with Crippen molar-refractivity contribution in [3.8, 4) is 28.4 Å². The van der Waals surface area contributed by atoms with Crippen LogP contribution in [0.4, 0.5) is 5.69 Å². The number of hydrogen-bond donors (Lipinski definition) is 0. The number of methoxy groups -OCH3 is 1. The predicted octanol–water partition coefficient (Wildman–Crippen LogP) is 6.87. The Kier molecular flexibility index (Phi) is 5.06. The summed E-state index contributed by atoms with van der Waals surface area (Å²) in [7, 11) is 1.62. The third kappa shape index (κ3) is 3.86. The molecule has 0 bridgehead atoms. The van der Waals surface area contributed by atoms with E-state index in [2.05, 4.69) is 0 Å². The maximum Gasteiger partial charge on any atom is 0.269 e. The van der Waals surface area contributed by atoms with E-state index in [1.54, 1.807) is 19.2 Å². The van der Waals surface area contributed by atoms with Gasteiger partial charge in [0, 0.05) is 28.1 Å². The van der Waals surface area contributed by atoms with E-state index in [1.165, 1.54) is 12.1 Å². The minimum absolute atomic E-state index is 0.00932. The molecule has 4 aromatic rings. The lowest BCUT2D eigenvalue weighted by Gasteiger charge is -2.15. The van der Waals surface area contributed by atoms with Gasteiger partial charge in [0.05, 0.1) is 12.0 Å². The Morgan fingerprint density at radius 1 is 0.897 bits per heavy atom. The molecule has 29 heavy (non-hydrogen) atoms. The Bertz CT molecular complexity index is 1210. The SMILES string of the molecule is COc1ccc2c(Oc3ccc([N+](=O)[O-])cc3)c(-c3cccc(Cl)c3)ccc2c1. The van der Waals surface area contributed by atoms with Gasteiger partial charge in [-0.2, -0.15) is 0 Å². The highest BCUT2D eigenvalue weighted by Gasteiger charge is 2.14. The first-order valence-corrected chi connectivity index (χ1v) is 9.22. The van der Waals surface area contributed by atoms with Crippen molar-refractivity contribution in [2.75, 3.05) is 7.11 Å². The molecule has 0 aliphatic heterocycles. The van der Waals surface area contributed by atoms with Gasteiger partial charge in [0.1, 0.15) is 17.2 Å². The fraction of sp³-hybridized carbons (Fsp3) is 0.0435. The van der Waals surface area contributed by atoms with Gasteiger partial charge >= 0.3 is 0 Å². The van der Waals surface area contributed by atoms with Crippen LogP contribution in [0.5, 0.6) is 17.2 Å². The standard InChI is InChI=1S/C23H16ClNO4/c1-28-20-10-12-22-16(14-20)5-11-21(15-3-2-4-17(24)13-15)23(22)29-19-8-6-18(7-9-19)25(26)27/h2-14H,1H3. The number of nitro groups is 1. The molecule has 0 saturated heterocycles. The summed E-state index contributed by atoms with van der Waals surface area (Å²) in [4.78, 5) is 10.5. The fourth-order valence-electron chi connectivity index (χ4n) is 3.15. The van der Waals surface area contributed by atoms with Crippen molar-refractivity contribution in [2.24, 2.45) is 0 Å². The minimum atomic E-state index is -0.439. The zero-order chi connectivity index (χ0) is 20.4. The second-order valence-corrected chi connectivity index (χ2v) is 6.83. The molecule has 0 aliphatic rings. The average Bonchev–Trinajstić information content (AvgIpc) is 2.74. The second kappa shape index (κ2) is 7.81. The molecule has 0 fully saturated rings. The molecule has 0 N–H and O–H groups in total. The Hall–Kier alpha value is -3.57. The molecule has 4 aromatic carbocycles. The van der Waals surface area contributed by atoms with E-state index in [1.807, 2.05) is 54.6 Å². The topological polar surface area (TPSA) is 61.6 Å². The number of hydrogen-bond acceptors (Lipinski definition) is 4. The third-order valence-corrected chi connectivity index (χ3v) is 4.82. The summed E-state index contributed by atoms with van der Waals surface area (Å²) in [6, 6.07) is 23.2. The summed E-state index contributed by atoms with van der Waals surface area (Å²) in [5.74, 6) is 1.89. The first-order chi connectivity index (χ1) is 14.0. The van der Waals surface area contributed by atoms with E-state index in [0.29, 0.717) is 16.5 Å². The highest BCUT2D eigenvalue weighted by molar-refractivity contribution is 6.30. The van der Waals surface area contributed by atoms with Gasteiger partial charge in [0.15, 0.2) is 0 Å². The minimum Gasteiger partial charge on any atom is -0.497 e. The quantitative estimate of drug-likeness (QED) is 0.268. The maximum atomic E-state index is 10.9. The lowest BCUT2D eigenvalue weighted by Crippen LogP contribution is -1.92. The summed E-state index contributed by atoms with van der Waals surface area (Å²) < 4.78 is 11.5. The third-order valence-electron chi connectivity index (χ3n) is 4.58. The molecule has 5 nitrogen and oxygen atoms in total. The molecule has 0 unspecified atom stereocenters. The molecule has 0 spiro atoms. The van der Waals surface area contributed by atoms with Gasteiger partial charge in [-0.05, 0) is 59.5 Å². The number of halogens is 1. The van der Waals surface area contributed by atoms with E-state index >= 15 is 0 Å². The van der Waals surface area contributed by atoms with Gasteiger partial charge in [-0.15, -0.1) is 0 Å². The van der Waals surface area contributed by atoms with Crippen molar-refractivity contribution < 1.29 is 14.4 Å². The van der Waals surface area contributed by atoms with Crippen LogP contribution in [-0.2, 0) is 0 Å². The van der Waals surface area contributed by atoms with Crippen molar-refractivity contribution in [3.63, 3.8) is 0 Å². The summed E-state index contributed by atoms with van der Waals surface area (Å²) in [5, 5.41) is 13.4. The van der Waals surface area contributed by atoms with Crippen LogP contribution in [0.1, 0.15) is 0 Å². The summed E-state index contributed by atoms with van der Waals surface area (Å²) in [6.45, 7) is 0. The van der Waals surface area contributed by atoms with Gasteiger partial charge in [-0.25, -0.2) is 0 Å². The van der Waals surface area contributed by atoms with Gasteiger partial charge < -0.3 is 9.47 Å². The van der Waals surface area contributed by atoms with Crippen LogP contribution in [0.15, 0.2) is 78.9 Å². The molecule has 0 aliphatic carbocycles. The van der Waals surface area contributed by atoms with Crippen LogP contribution in [-0.4, -0.2) is 12.0 Å². The van der Waals surface area contributed by atoms with Crippen LogP contribution in [0.3, 0.4) is 0 Å². The van der Waals surface area contributed by atoms with Crippen molar-refractivity contribution >= 4 is 28.1 Å². The monoisotopic (exact) mass is 405 g/mol. The lowest BCUT2D eigenvalue weighted by atomic mass is 9.99. The number of nitro benzene ring substituents is 1. The number of benzene rings is 4. The highest BCUT2D eigenvalue weighted by atomic mass is 35.5. The van der Waals surface area contributed by atoms with E-state index in [0.717, 1.165) is 27.6 Å². The maximum absolute atomic E-state index is 10.9. The molecule has 0 atom stereocenters. The zero-order valence-corrected chi connectivity index (χ0v) is 16.2. The van der Waals surface area contributed by atoms with E-state index < -0.39 is 4.92 Å². The molecule has 0 radical (unpaired) electrons. The van der Waals surface area contributed by atoms with Crippen molar-refractivity contribution in [1.82, 2.24) is 0 Å². The second-order valence-electron chi connectivity index (χ2n) is 6.39. The normalized spacial score (nSPS) is 10.7. The van der Waals surface area contributed by atoms with E-state index in [-0.39, 0.29) is 5.69 Å². The average molecular weight is 406 g/mol. The molecule has 0 saturated carbocycles. The van der Waals surface area contributed by atoms with Crippen molar-refractivity contribution in [1.29, 1.82) is 0 Å². The number of nitrogens with zero attached hydrogens (tertiary/aromatic N) is 1. The number of non-ortho nitro benzene ring substituents is 1. The Morgan fingerprint density at radius 2 is 1.66 bits per heavy atom. The van der Waals surface area contributed by atoms with Gasteiger partial charge in [-0.3, -0.25) is 10.1 Å². The van der Waals surface area contributed by atoms with Crippen LogP contribution in [0, 0.1) is 10.1 Å². The van der Waals surface area contributed by atoms with Crippen LogP contribution in [0.2, 0.25) is 5.02 Å². The molecule has 0 heterocycles. The Morgan fingerprint density at radius 3 is 2.34 bits per heavy atom. The molecule has 144 valence electrons. The lowest BCUT2D eigenvalue weighted by molar-refractivity contribution is -0.384.